The van der Waals surface area contributed by atoms with Crippen molar-refractivity contribution in [3.63, 3.8) is 0 Å². The highest BCUT2D eigenvalue weighted by Crippen LogP contribution is 2.42. The Bertz CT molecular complexity index is 1320. The van der Waals surface area contributed by atoms with Crippen molar-refractivity contribution < 1.29 is 14.0 Å². The lowest BCUT2D eigenvalue weighted by Crippen LogP contribution is -2.30. The van der Waals surface area contributed by atoms with Crippen LogP contribution in [0, 0.1) is 17.1 Å². The van der Waals surface area contributed by atoms with Crippen molar-refractivity contribution in [2.75, 3.05) is 10.2 Å². The smallest absolute Gasteiger partial charge is 0.269 e. The Morgan fingerprint density at radius 2 is 1.76 bits per heavy atom. The maximum atomic E-state index is 13.4. The van der Waals surface area contributed by atoms with Gasteiger partial charge in [-0.25, -0.2) is 4.39 Å². The monoisotopic (exact) mass is 511 g/mol. The molecule has 9 heteroatoms. The minimum atomic E-state index is -0.681. The average molecular weight is 512 g/mol. The van der Waals surface area contributed by atoms with Crippen molar-refractivity contribution in [2.45, 2.75) is 11.7 Å². The van der Waals surface area contributed by atoms with Gasteiger partial charge < -0.3 is 5.32 Å². The fraction of sp³-hybridized carbons (Fsp3) is 0.0800. The van der Waals surface area contributed by atoms with E-state index in [1.54, 1.807) is 48.5 Å². The Hall–Kier alpha value is -3.31. The van der Waals surface area contributed by atoms with Gasteiger partial charge in [0.1, 0.15) is 22.5 Å². The van der Waals surface area contributed by atoms with Gasteiger partial charge in [0, 0.05) is 11.4 Å². The van der Waals surface area contributed by atoms with E-state index in [2.05, 4.69) is 5.32 Å². The first-order valence-electron chi connectivity index (χ1n) is 10.1. The van der Waals surface area contributed by atoms with Crippen molar-refractivity contribution in [1.82, 2.24) is 0 Å². The molecule has 1 N–H and O–H groups in total. The summed E-state index contributed by atoms with van der Waals surface area (Å²) in [6.45, 7) is 0. The van der Waals surface area contributed by atoms with Gasteiger partial charge in [-0.1, -0.05) is 65.3 Å². The number of amides is 2. The minimum Gasteiger partial charge on any atom is -0.321 e. The average Bonchev–Trinajstić information content (AvgIpc) is 3.14. The van der Waals surface area contributed by atoms with Crippen LogP contribution in [0.25, 0.3) is 0 Å². The molecular weight excluding hydrogens is 496 g/mol. The highest BCUT2D eigenvalue weighted by molar-refractivity contribution is 8.05. The van der Waals surface area contributed by atoms with E-state index in [1.807, 2.05) is 6.07 Å². The third-order valence-corrected chi connectivity index (χ3v) is 7.03. The van der Waals surface area contributed by atoms with Crippen LogP contribution in [-0.4, -0.2) is 17.1 Å². The molecule has 1 heterocycles. The highest BCUT2D eigenvalue weighted by Gasteiger charge is 2.40. The number of thioether (sulfide) groups is 1. The summed E-state index contributed by atoms with van der Waals surface area (Å²) >= 11 is 13.1. The number of carbonyl (C=O) groups is 2. The summed E-state index contributed by atoms with van der Waals surface area (Å²) < 4.78 is 13.3. The number of anilines is 2. The number of carbonyl (C=O) groups excluding carboxylic acids is 2. The van der Waals surface area contributed by atoms with Gasteiger partial charge in [0.15, 0.2) is 0 Å². The summed E-state index contributed by atoms with van der Waals surface area (Å²) in [4.78, 5) is 27.8. The zero-order valence-electron chi connectivity index (χ0n) is 17.5. The Labute approximate surface area is 209 Å². The maximum Gasteiger partial charge on any atom is 0.269 e. The first kappa shape index (κ1) is 23.8. The number of rotatable bonds is 5. The van der Waals surface area contributed by atoms with Crippen molar-refractivity contribution in [1.29, 1.82) is 5.26 Å². The fourth-order valence-electron chi connectivity index (χ4n) is 3.40. The van der Waals surface area contributed by atoms with Crippen molar-refractivity contribution in [2.24, 2.45) is 0 Å². The summed E-state index contributed by atoms with van der Waals surface area (Å²) in [6.07, 6.45) is 0.309. The van der Waals surface area contributed by atoms with Crippen LogP contribution in [0.3, 0.4) is 0 Å². The molecule has 1 aliphatic heterocycles. The molecule has 3 aromatic rings. The molecule has 2 amide bonds. The largest absolute Gasteiger partial charge is 0.321 e. The summed E-state index contributed by atoms with van der Waals surface area (Å²) in [6, 6.07) is 21.2. The van der Waals surface area contributed by atoms with Crippen LogP contribution in [-0.2, 0) is 16.0 Å². The van der Waals surface area contributed by atoms with E-state index < -0.39 is 11.2 Å². The SMILES string of the molecule is N#C/C(C(=O)Nc1ccc(Cl)c(Cl)c1)=C1\S[C@@H](Cc2ccc(F)cc2)C(=O)N1c1ccccc1. The first-order chi connectivity index (χ1) is 16.4. The van der Waals surface area contributed by atoms with Crippen LogP contribution in [0.15, 0.2) is 83.4 Å². The predicted molar refractivity (Wildman–Crippen MR) is 133 cm³/mol. The lowest BCUT2D eigenvalue weighted by atomic mass is 10.1. The molecule has 0 unspecified atom stereocenters. The molecule has 0 spiro atoms. The van der Waals surface area contributed by atoms with E-state index in [1.165, 1.54) is 29.2 Å². The van der Waals surface area contributed by atoms with Crippen molar-refractivity contribution in [3.8, 4) is 6.07 Å². The Balaban J connectivity index is 1.70. The fourth-order valence-corrected chi connectivity index (χ4v) is 5.01. The third kappa shape index (κ3) is 5.10. The van der Waals surface area contributed by atoms with Gasteiger partial charge in [-0.05, 0) is 54.4 Å². The lowest BCUT2D eigenvalue weighted by Gasteiger charge is -2.18. The van der Waals surface area contributed by atoms with Crippen LogP contribution in [0.5, 0.6) is 0 Å². The summed E-state index contributed by atoms with van der Waals surface area (Å²) in [5, 5.41) is 12.7. The number of halogens is 3. The zero-order chi connectivity index (χ0) is 24.2. The predicted octanol–water partition coefficient (Wildman–Crippen LogP) is 6.20. The molecule has 0 radical (unpaired) electrons. The van der Waals surface area contributed by atoms with E-state index in [9.17, 15) is 19.2 Å². The van der Waals surface area contributed by atoms with Gasteiger partial charge in [0.2, 0.25) is 5.91 Å². The number of para-hydroxylation sites is 1. The number of hydrogen-bond acceptors (Lipinski definition) is 4. The molecule has 34 heavy (non-hydrogen) atoms. The van der Waals surface area contributed by atoms with Gasteiger partial charge in [-0.2, -0.15) is 5.26 Å². The lowest BCUT2D eigenvalue weighted by molar-refractivity contribution is -0.117. The molecule has 3 aromatic carbocycles. The normalized spacial score (nSPS) is 16.8. The number of nitrogens with zero attached hydrogens (tertiary/aromatic N) is 2. The molecule has 5 nitrogen and oxygen atoms in total. The summed E-state index contributed by atoms with van der Waals surface area (Å²) in [5.74, 6) is -1.32. The molecule has 1 aliphatic rings. The van der Waals surface area contributed by atoms with Gasteiger partial charge in [0.05, 0.1) is 15.3 Å². The van der Waals surface area contributed by atoms with E-state index in [-0.39, 0.29) is 27.3 Å². The second kappa shape index (κ2) is 10.3. The molecule has 0 saturated carbocycles. The Morgan fingerprint density at radius 3 is 2.41 bits per heavy atom. The van der Waals surface area contributed by atoms with Crippen molar-refractivity contribution in [3.05, 3.63) is 105 Å². The molecule has 0 aliphatic carbocycles. The number of nitrogens with one attached hydrogen (secondary N) is 1. The standard InChI is InChI=1S/C25H16Cl2FN3O2S/c26-20-11-10-17(13-21(20)27)30-23(32)19(14-29)25-31(18-4-2-1-3-5-18)24(33)22(34-25)12-15-6-8-16(28)9-7-15/h1-11,13,22H,12H2,(H,30,32)/b25-19+/t22-/m0/s1. The Morgan fingerprint density at radius 1 is 1.06 bits per heavy atom. The molecule has 1 fully saturated rings. The van der Waals surface area contributed by atoms with E-state index in [0.29, 0.717) is 22.8 Å². The molecule has 1 atom stereocenters. The third-order valence-electron chi connectivity index (χ3n) is 5.03. The highest BCUT2D eigenvalue weighted by atomic mass is 35.5. The van der Waals surface area contributed by atoms with E-state index in [4.69, 9.17) is 23.2 Å². The van der Waals surface area contributed by atoms with Crippen LogP contribution in [0.1, 0.15) is 5.56 Å². The van der Waals surface area contributed by atoms with Gasteiger partial charge in [-0.15, -0.1) is 0 Å². The quantitative estimate of drug-likeness (QED) is 0.327. The number of nitriles is 1. The second-order valence-corrected chi connectivity index (χ2v) is 9.33. The van der Waals surface area contributed by atoms with Gasteiger partial charge in [-0.3, -0.25) is 14.5 Å². The van der Waals surface area contributed by atoms with Gasteiger partial charge >= 0.3 is 0 Å². The Kier molecular flexibility index (Phi) is 7.23. The molecule has 0 aromatic heterocycles. The van der Waals surface area contributed by atoms with Crippen LogP contribution in [0.2, 0.25) is 10.0 Å². The molecular formula is C25H16Cl2FN3O2S. The maximum absolute atomic E-state index is 13.4. The van der Waals surface area contributed by atoms with Crippen LogP contribution in [0.4, 0.5) is 15.8 Å². The number of hydrogen-bond donors (Lipinski definition) is 1. The topological polar surface area (TPSA) is 73.2 Å². The molecule has 170 valence electrons. The van der Waals surface area contributed by atoms with Gasteiger partial charge in [0.25, 0.3) is 5.91 Å². The summed E-state index contributed by atoms with van der Waals surface area (Å²) in [5.41, 5.74) is 1.44. The van der Waals surface area contributed by atoms with Crippen LogP contribution >= 0.6 is 35.0 Å². The van der Waals surface area contributed by atoms with Crippen LogP contribution < -0.4 is 10.2 Å². The minimum absolute atomic E-state index is 0.213. The molecule has 1 saturated heterocycles. The summed E-state index contributed by atoms with van der Waals surface area (Å²) in [7, 11) is 0. The van der Waals surface area contributed by atoms with E-state index in [0.717, 1.165) is 17.3 Å². The van der Waals surface area contributed by atoms with E-state index >= 15 is 0 Å². The molecule has 4 rings (SSSR count). The zero-order valence-corrected chi connectivity index (χ0v) is 19.8. The second-order valence-electron chi connectivity index (χ2n) is 7.32. The molecule has 0 bridgehead atoms. The number of benzene rings is 3. The first-order valence-corrected chi connectivity index (χ1v) is 11.7. The van der Waals surface area contributed by atoms with Crippen molar-refractivity contribution >= 4 is 58.2 Å².